The van der Waals surface area contributed by atoms with E-state index >= 15 is 0 Å². The van der Waals surface area contributed by atoms with Gasteiger partial charge in [0.05, 0.1) is 27.4 Å². The largest absolute Gasteiger partial charge is 0.497 e. The minimum absolute atomic E-state index is 0.179. The van der Waals surface area contributed by atoms with Gasteiger partial charge in [-0.3, -0.25) is 4.79 Å². The third kappa shape index (κ3) is 3.94. The van der Waals surface area contributed by atoms with Crippen LogP contribution in [0.25, 0.3) is 0 Å². The number of methoxy groups -OCH3 is 3. The second-order valence-corrected chi connectivity index (χ2v) is 5.03. The number of rotatable bonds is 6. The third-order valence-electron chi connectivity index (χ3n) is 3.58. The molecule has 23 heavy (non-hydrogen) atoms. The molecule has 0 saturated heterocycles. The molecule has 0 aliphatic carbocycles. The Kier molecular flexibility index (Phi) is 5.46. The molecule has 5 heteroatoms. The summed E-state index contributed by atoms with van der Waals surface area (Å²) >= 11 is 0. The molecule has 0 aliphatic rings. The number of nitrogens with one attached hydrogen (secondary N) is 1. The maximum Gasteiger partial charge on any atom is 0.251 e. The molecule has 2 aromatic rings. The van der Waals surface area contributed by atoms with Gasteiger partial charge in [0.2, 0.25) is 0 Å². The Morgan fingerprint density at radius 2 is 1.65 bits per heavy atom. The Morgan fingerprint density at radius 1 is 0.957 bits per heavy atom. The summed E-state index contributed by atoms with van der Waals surface area (Å²) in [5.74, 6) is 1.87. The zero-order chi connectivity index (χ0) is 16.8. The van der Waals surface area contributed by atoms with Crippen LogP contribution in [0, 0.1) is 0 Å². The van der Waals surface area contributed by atoms with Gasteiger partial charge in [-0.15, -0.1) is 0 Å². The Balaban J connectivity index is 2.20. The van der Waals surface area contributed by atoms with Crippen molar-refractivity contribution in [2.75, 3.05) is 21.3 Å². The molecule has 1 atom stereocenters. The molecule has 5 nitrogen and oxygen atoms in total. The fourth-order valence-electron chi connectivity index (χ4n) is 2.30. The molecule has 2 rings (SSSR count). The van der Waals surface area contributed by atoms with Crippen molar-refractivity contribution >= 4 is 5.91 Å². The number of carbonyl (C=O) groups is 1. The normalized spacial score (nSPS) is 11.5. The third-order valence-corrected chi connectivity index (χ3v) is 3.58. The average Bonchev–Trinajstić information content (AvgIpc) is 2.60. The monoisotopic (exact) mass is 315 g/mol. The first-order valence-electron chi connectivity index (χ1n) is 7.26. The van der Waals surface area contributed by atoms with Crippen molar-refractivity contribution in [2.45, 2.75) is 13.0 Å². The molecule has 1 amide bonds. The van der Waals surface area contributed by atoms with Crippen LogP contribution in [0.5, 0.6) is 17.2 Å². The highest BCUT2D eigenvalue weighted by Crippen LogP contribution is 2.29. The zero-order valence-corrected chi connectivity index (χ0v) is 13.8. The van der Waals surface area contributed by atoms with Gasteiger partial charge in [-0.25, -0.2) is 0 Å². The molecule has 1 unspecified atom stereocenters. The number of ether oxygens (including phenoxy) is 3. The van der Waals surface area contributed by atoms with Crippen molar-refractivity contribution in [1.29, 1.82) is 0 Å². The number of amides is 1. The number of benzene rings is 2. The van der Waals surface area contributed by atoms with E-state index in [9.17, 15) is 4.79 Å². The van der Waals surface area contributed by atoms with Gasteiger partial charge < -0.3 is 19.5 Å². The van der Waals surface area contributed by atoms with Crippen LogP contribution >= 0.6 is 0 Å². The second-order valence-electron chi connectivity index (χ2n) is 5.03. The Labute approximate surface area is 136 Å². The van der Waals surface area contributed by atoms with Gasteiger partial charge in [-0.2, -0.15) is 0 Å². The second kappa shape index (κ2) is 7.54. The zero-order valence-electron chi connectivity index (χ0n) is 13.8. The van der Waals surface area contributed by atoms with Crippen LogP contribution < -0.4 is 19.5 Å². The molecule has 2 aromatic carbocycles. The average molecular weight is 315 g/mol. The maximum atomic E-state index is 12.4. The molecule has 0 bridgehead atoms. The van der Waals surface area contributed by atoms with Crippen LogP contribution in [0.4, 0.5) is 0 Å². The van der Waals surface area contributed by atoms with Crippen molar-refractivity contribution in [1.82, 2.24) is 5.32 Å². The Bertz CT molecular complexity index is 684. The first-order chi connectivity index (χ1) is 11.1. The summed E-state index contributed by atoms with van der Waals surface area (Å²) < 4.78 is 15.7. The van der Waals surface area contributed by atoms with E-state index in [2.05, 4.69) is 5.32 Å². The molecule has 0 aliphatic heterocycles. The van der Waals surface area contributed by atoms with Crippen LogP contribution in [0.15, 0.2) is 42.5 Å². The number of carbonyl (C=O) groups excluding carboxylic acids is 1. The fourth-order valence-corrected chi connectivity index (χ4v) is 2.30. The summed E-state index contributed by atoms with van der Waals surface area (Å²) in [5.41, 5.74) is 1.39. The Morgan fingerprint density at radius 3 is 2.30 bits per heavy atom. The highest BCUT2D eigenvalue weighted by molar-refractivity contribution is 5.94. The van der Waals surface area contributed by atoms with Gasteiger partial charge >= 0.3 is 0 Å². The summed E-state index contributed by atoms with van der Waals surface area (Å²) in [4.78, 5) is 12.4. The van der Waals surface area contributed by atoms with Gasteiger partial charge in [0.15, 0.2) is 0 Å². The molecular formula is C18H21NO4. The van der Waals surface area contributed by atoms with Crippen molar-refractivity contribution < 1.29 is 19.0 Å². The lowest BCUT2D eigenvalue weighted by Crippen LogP contribution is -2.27. The predicted molar refractivity (Wildman–Crippen MR) is 88.4 cm³/mol. The van der Waals surface area contributed by atoms with Crippen molar-refractivity contribution in [3.8, 4) is 17.2 Å². The van der Waals surface area contributed by atoms with Crippen LogP contribution in [0.2, 0.25) is 0 Å². The van der Waals surface area contributed by atoms with E-state index < -0.39 is 0 Å². The van der Waals surface area contributed by atoms with Gasteiger partial charge in [0.25, 0.3) is 5.91 Å². The molecule has 1 N–H and O–H groups in total. The van der Waals surface area contributed by atoms with E-state index in [0.29, 0.717) is 22.8 Å². The van der Waals surface area contributed by atoms with Crippen LogP contribution in [-0.4, -0.2) is 27.2 Å². The first kappa shape index (κ1) is 16.7. The first-order valence-corrected chi connectivity index (χ1v) is 7.26. The highest BCUT2D eigenvalue weighted by Gasteiger charge is 2.16. The summed E-state index contributed by atoms with van der Waals surface area (Å²) in [6.45, 7) is 1.90. The SMILES string of the molecule is COc1cccc(C(=O)NC(C)c2cc(OC)ccc2OC)c1. The lowest BCUT2D eigenvalue weighted by Gasteiger charge is -2.18. The summed E-state index contributed by atoms with van der Waals surface area (Å²) in [7, 11) is 4.77. The van der Waals surface area contributed by atoms with E-state index in [1.165, 1.54) is 0 Å². The van der Waals surface area contributed by atoms with E-state index in [4.69, 9.17) is 14.2 Å². The van der Waals surface area contributed by atoms with E-state index in [1.807, 2.05) is 25.1 Å². The van der Waals surface area contributed by atoms with Crippen LogP contribution in [-0.2, 0) is 0 Å². The van der Waals surface area contributed by atoms with E-state index in [1.54, 1.807) is 45.6 Å². The van der Waals surface area contributed by atoms with Crippen molar-refractivity contribution in [3.63, 3.8) is 0 Å². The van der Waals surface area contributed by atoms with Crippen LogP contribution in [0.1, 0.15) is 28.9 Å². The molecule has 0 aromatic heterocycles. The molecule has 0 heterocycles. The van der Waals surface area contributed by atoms with Gasteiger partial charge in [-0.05, 0) is 43.3 Å². The quantitative estimate of drug-likeness (QED) is 0.889. The van der Waals surface area contributed by atoms with Gasteiger partial charge in [0, 0.05) is 11.1 Å². The van der Waals surface area contributed by atoms with Gasteiger partial charge in [-0.1, -0.05) is 6.07 Å². The van der Waals surface area contributed by atoms with E-state index in [-0.39, 0.29) is 11.9 Å². The summed E-state index contributed by atoms with van der Waals surface area (Å²) in [6.07, 6.45) is 0. The maximum absolute atomic E-state index is 12.4. The Hall–Kier alpha value is -2.69. The molecule has 0 fully saturated rings. The number of hydrogen-bond acceptors (Lipinski definition) is 4. The minimum Gasteiger partial charge on any atom is -0.497 e. The standard InChI is InChI=1S/C18H21NO4/c1-12(16-11-15(22-3)8-9-17(16)23-4)19-18(20)13-6-5-7-14(10-13)21-2/h5-12H,1-4H3,(H,19,20). The lowest BCUT2D eigenvalue weighted by molar-refractivity contribution is 0.0939. The summed E-state index contributed by atoms with van der Waals surface area (Å²) in [6, 6.07) is 12.3. The summed E-state index contributed by atoms with van der Waals surface area (Å²) in [5, 5.41) is 2.96. The smallest absolute Gasteiger partial charge is 0.251 e. The lowest BCUT2D eigenvalue weighted by atomic mass is 10.1. The van der Waals surface area contributed by atoms with E-state index in [0.717, 1.165) is 5.56 Å². The topological polar surface area (TPSA) is 56.8 Å². The van der Waals surface area contributed by atoms with Crippen LogP contribution in [0.3, 0.4) is 0 Å². The highest BCUT2D eigenvalue weighted by atomic mass is 16.5. The molecule has 0 saturated carbocycles. The van der Waals surface area contributed by atoms with Crippen molar-refractivity contribution in [2.24, 2.45) is 0 Å². The number of hydrogen-bond donors (Lipinski definition) is 1. The van der Waals surface area contributed by atoms with Crippen molar-refractivity contribution in [3.05, 3.63) is 53.6 Å². The predicted octanol–water partition coefficient (Wildman–Crippen LogP) is 3.20. The molecule has 0 spiro atoms. The van der Waals surface area contributed by atoms with Gasteiger partial charge in [0.1, 0.15) is 17.2 Å². The molecule has 122 valence electrons. The fraction of sp³-hybridized carbons (Fsp3) is 0.278. The minimum atomic E-state index is -0.237. The molecular weight excluding hydrogens is 294 g/mol. The molecule has 0 radical (unpaired) electrons.